The Morgan fingerprint density at radius 3 is 2.47 bits per heavy atom. The Morgan fingerprint density at radius 2 is 1.81 bits per heavy atom. The molecule has 0 aromatic heterocycles. The second kappa shape index (κ2) is 16.7. The zero-order valence-electron chi connectivity index (χ0n) is 21.4. The molecule has 0 saturated carbocycles. The van der Waals surface area contributed by atoms with Gasteiger partial charge in [0, 0.05) is 25.3 Å². The summed E-state index contributed by atoms with van der Waals surface area (Å²) >= 11 is 1.84. The smallest absolute Gasteiger partial charge is 0.333 e. The number of benzene rings is 2. The molecule has 0 aliphatic rings. The summed E-state index contributed by atoms with van der Waals surface area (Å²) in [4.78, 5) is 26.1. The molecule has 0 aliphatic carbocycles. The molecule has 2 N–H and O–H groups in total. The Balaban J connectivity index is 1.93. The lowest BCUT2D eigenvalue weighted by molar-refractivity contribution is -0.149. The predicted octanol–water partition coefficient (Wildman–Crippen LogP) is 5.17. The summed E-state index contributed by atoms with van der Waals surface area (Å²) in [7, 11) is 1.57. The number of ether oxygens (including phenoxy) is 3. The Morgan fingerprint density at radius 1 is 1.06 bits per heavy atom. The fourth-order valence-electron chi connectivity index (χ4n) is 3.41. The third kappa shape index (κ3) is 10.4. The largest absolute Gasteiger partial charge is 0.495 e. The predicted molar refractivity (Wildman–Crippen MR) is 145 cm³/mol. The van der Waals surface area contributed by atoms with Crippen LogP contribution in [0.5, 0.6) is 11.5 Å². The van der Waals surface area contributed by atoms with Crippen LogP contribution in [0.15, 0.2) is 48.5 Å². The fraction of sp³-hybridized carbons (Fsp3) is 0.481. The van der Waals surface area contributed by atoms with Gasteiger partial charge in [0.05, 0.1) is 19.3 Å². The monoisotopic (exact) mass is 518 g/mol. The number of thioether (sulfide) groups is 1. The summed E-state index contributed by atoms with van der Waals surface area (Å²) in [6.07, 6.45) is 1.73. The molecule has 1 atom stereocenters. The summed E-state index contributed by atoms with van der Waals surface area (Å²) in [5.41, 5.74) is 1.47. The van der Waals surface area contributed by atoms with E-state index >= 15 is 0 Å². The number of unbranched alkanes of at least 4 members (excludes halogenated alkanes) is 1. The van der Waals surface area contributed by atoms with Crippen molar-refractivity contribution in [2.75, 3.05) is 50.2 Å². The van der Waals surface area contributed by atoms with Gasteiger partial charge in [-0.3, -0.25) is 0 Å². The number of carbonyl (C=O) groups excluding carboxylic acids is 1. The van der Waals surface area contributed by atoms with Crippen molar-refractivity contribution < 1.29 is 28.9 Å². The molecule has 0 spiro atoms. The number of methoxy groups -OCH3 is 1. The molecule has 0 heterocycles. The zero-order valence-corrected chi connectivity index (χ0v) is 22.2. The molecule has 198 valence electrons. The summed E-state index contributed by atoms with van der Waals surface area (Å²) in [5, 5.41) is 12.2. The van der Waals surface area contributed by atoms with Gasteiger partial charge >= 0.3 is 12.0 Å². The SMILES string of the molecule is CCCCSCCN(CCOc1ccc(CC(OCC)C(=O)O)cc1)C(=O)Nc1ccccc1OC. The average molecular weight is 519 g/mol. The Kier molecular flexibility index (Phi) is 13.6. The second-order valence-electron chi connectivity index (χ2n) is 8.06. The summed E-state index contributed by atoms with van der Waals surface area (Å²) in [6.45, 7) is 5.64. The van der Waals surface area contributed by atoms with Gasteiger partial charge in [0.2, 0.25) is 0 Å². The maximum atomic E-state index is 13.0. The third-order valence-corrected chi connectivity index (χ3v) is 6.45. The topological polar surface area (TPSA) is 97.3 Å². The number of hydrogen-bond donors (Lipinski definition) is 2. The number of carboxylic acids is 1. The molecule has 0 saturated heterocycles. The van der Waals surface area contributed by atoms with Crippen molar-refractivity contribution in [1.82, 2.24) is 4.90 Å². The lowest BCUT2D eigenvalue weighted by Gasteiger charge is -2.23. The Labute approximate surface area is 218 Å². The molecule has 0 bridgehead atoms. The Hall–Kier alpha value is -2.91. The standard InChI is InChI=1S/C27H38N2O6S/c1-4-6-18-36-19-16-29(27(32)28-23-9-7-8-10-24(23)33-3)15-17-35-22-13-11-21(12-14-22)20-25(26(30)31)34-5-2/h7-14,25H,4-6,15-20H2,1-3H3,(H,28,32)(H,30,31). The minimum Gasteiger partial charge on any atom is -0.495 e. The summed E-state index contributed by atoms with van der Waals surface area (Å²) < 4.78 is 16.5. The first kappa shape index (κ1) is 29.3. The molecule has 8 nitrogen and oxygen atoms in total. The van der Waals surface area contributed by atoms with Gasteiger partial charge in [0.25, 0.3) is 0 Å². The van der Waals surface area contributed by atoms with E-state index in [0.717, 1.165) is 29.9 Å². The molecule has 2 aromatic rings. The molecular formula is C27H38N2O6S. The van der Waals surface area contributed by atoms with E-state index in [2.05, 4.69) is 12.2 Å². The highest BCUT2D eigenvalue weighted by atomic mass is 32.2. The van der Waals surface area contributed by atoms with Crippen molar-refractivity contribution in [3.63, 3.8) is 0 Å². The molecule has 36 heavy (non-hydrogen) atoms. The minimum absolute atomic E-state index is 0.204. The quantitative estimate of drug-likeness (QED) is 0.279. The molecule has 9 heteroatoms. The maximum Gasteiger partial charge on any atom is 0.333 e. The van der Waals surface area contributed by atoms with Crippen LogP contribution in [0, 0.1) is 0 Å². The van der Waals surface area contributed by atoms with Gasteiger partial charge in [-0.15, -0.1) is 0 Å². The molecule has 1 unspecified atom stereocenters. The van der Waals surface area contributed by atoms with Gasteiger partial charge in [0.15, 0.2) is 6.10 Å². The van der Waals surface area contributed by atoms with E-state index in [-0.39, 0.29) is 12.5 Å². The first-order valence-corrected chi connectivity index (χ1v) is 13.5. The van der Waals surface area contributed by atoms with Crippen LogP contribution in [-0.2, 0) is 16.0 Å². The highest BCUT2D eigenvalue weighted by molar-refractivity contribution is 7.99. The number of hydrogen-bond acceptors (Lipinski definition) is 6. The number of carbonyl (C=O) groups is 2. The van der Waals surface area contributed by atoms with E-state index in [4.69, 9.17) is 14.2 Å². The molecule has 2 rings (SSSR count). The Bertz CT molecular complexity index is 925. The number of amides is 2. The first-order valence-electron chi connectivity index (χ1n) is 12.3. The van der Waals surface area contributed by atoms with E-state index < -0.39 is 12.1 Å². The highest BCUT2D eigenvalue weighted by Gasteiger charge is 2.18. The number of carboxylic acid groups (broad SMARTS) is 1. The van der Waals surface area contributed by atoms with Crippen molar-refractivity contribution in [2.45, 2.75) is 39.2 Å². The van der Waals surface area contributed by atoms with E-state index in [1.165, 1.54) is 0 Å². The van der Waals surface area contributed by atoms with Crippen LogP contribution in [0.2, 0.25) is 0 Å². The van der Waals surface area contributed by atoms with Gasteiger partial charge in [-0.2, -0.15) is 11.8 Å². The van der Waals surface area contributed by atoms with Gasteiger partial charge in [0.1, 0.15) is 18.1 Å². The fourth-order valence-corrected chi connectivity index (χ4v) is 4.45. The number of urea groups is 1. The van der Waals surface area contributed by atoms with Crippen LogP contribution in [-0.4, -0.2) is 73.0 Å². The lowest BCUT2D eigenvalue weighted by Crippen LogP contribution is -2.39. The molecule has 2 aromatic carbocycles. The number of rotatable bonds is 17. The van der Waals surface area contributed by atoms with Crippen molar-refractivity contribution in [3.8, 4) is 11.5 Å². The van der Waals surface area contributed by atoms with Crippen molar-refractivity contribution in [1.29, 1.82) is 0 Å². The number of para-hydroxylation sites is 2. The number of nitrogens with one attached hydrogen (secondary N) is 1. The first-order chi connectivity index (χ1) is 17.5. The van der Waals surface area contributed by atoms with Gasteiger partial charge < -0.3 is 29.5 Å². The minimum atomic E-state index is -0.975. The average Bonchev–Trinajstić information content (AvgIpc) is 2.88. The molecule has 2 amide bonds. The van der Waals surface area contributed by atoms with Crippen LogP contribution in [0.1, 0.15) is 32.3 Å². The molecular weight excluding hydrogens is 480 g/mol. The number of nitrogens with zero attached hydrogens (tertiary/aromatic N) is 1. The second-order valence-corrected chi connectivity index (χ2v) is 9.29. The van der Waals surface area contributed by atoms with Crippen LogP contribution in [0.4, 0.5) is 10.5 Å². The summed E-state index contributed by atoms with van der Waals surface area (Å²) in [5.74, 6) is 2.21. The summed E-state index contributed by atoms with van der Waals surface area (Å²) in [6, 6.07) is 14.4. The lowest BCUT2D eigenvalue weighted by atomic mass is 10.1. The maximum absolute atomic E-state index is 13.0. The third-order valence-electron chi connectivity index (χ3n) is 5.40. The molecule has 0 aliphatic heterocycles. The van der Waals surface area contributed by atoms with E-state index in [1.807, 2.05) is 42.1 Å². The highest BCUT2D eigenvalue weighted by Crippen LogP contribution is 2.23. The van der Waals surface area contributed by atoms with Gasteiger partial charge in [-0.05, 0) is 48.9 Å². The van der Waals surface area contributed by atoms with Gasteiger partial charge in [-0.25, -0.2) is 9.59 Å². The van der Waals surface area contributed by atoms with Crippen LogP contribution in [0.25, 0.3) is 0 Å². The van der Waals surface area contributed by atoms with Crippen LogP contribution in [0.3, 0.4) is 0 Å². The number of aliphatic carboxylic acids is 1. The van der Waals surface area contributed by atoms with Gasteiger partial charge in [-0.1, -0.05) is 37.6 Å². The molecule has 0 radical (unpaired) electrons. The van der Waals surface area contributed by atoms with E-state index in [0.29, 0.717) is 43.5 Å². The van der Waals surface area contributed by atoms with Crippen LogP contribution >= 0.6 is 11.8 Å². The normalized spacial score (nSPS) is 11.5. The molecule has 0 fully saturated rings. The van der Waals surface area contributed by atoms with E-state index in [1.54, 1.807) is 37.1 Å². The van der Waals surface area contributed by atoms with Crippen LogP contribution < -0.4 is 14.8 Å². The number of anilines is 1. The zero-order chi connectivity index (χ0) is 26.2. The van der Waals surface area contributed by atoms with Crippen molar-refractivity contribution >= 4 is 29.4 Å². The van der Waals surface area contributed by atoms with E-state index in [9.17, 15) is 14.7 Å². The van der Waals surface area contributed by atoms with Crippen molar-refractivity contribution in [3.05, 3.63) is 54.1 Å². The van der Waals surface area contributed by atoms with Crippen molar-refractivity contribution in [2.24, 2.45) is 0 Å².